The molecule has 1 aromatic carbocycles. The number of halogens is 4. The molecule has 0 aromatic heterocycles. The lowest BCUT2D eigenvalue weighted by Crippen LogP contribution is -2.58. The Bertz CT molecular complexity index is 704. The fourth-order valence-corrected chi connectivity index (χ4v) is 5.68. The first-order valence-corrected chi connectivity index (χ1v) is 11.8. The Morgan fingerprint density at radius 1 is 1.21 bits per heavy atom. The largest absolute Gasteiger partial charge is 0.496 e. The second kappa shape index (κ2) is 8.87. The van der Waals surface area contributed by atoms with Gasteiger partial charge < -0.3 is 9.64 Å². The SMILES string of the molecule is CCC(C)(F)F.COc1cc2c(cc1Br)N(C13CCC(F)(CC1)CC3)CCNS2. The monoisotopic (exact) mass is 494 g/mol. The number of ether oxygens (including phenoxy) is 1. The van der Waals surface area contributed by atoms with Crippen LogP contribution >= 0.6 is 27.9 Å². The topological polar surface area (TPSA) is 24.5 Å². The van der Waals surface area contributed by atoms with Gasteiger partial charge in [-0.1, -0.05) is 6.92 Å². The lowest BCUT2D eigenvalue weighted by molar-refractivity contribution is 0.00403. The number of hydrogen-bond acceptors (Lipinski definition) is 4. The fourth-order valence-electron chi connectivity index (χ4n) is 4.40. The number of methoxy groups -OCH3 is 1. The molecule has 1 aromatic rings. The third kappa shape index (κ3) is 5.18. The number of anilines is 1. The summed E-state index contributed by atoms with van der Waals surface area (Å²) in [5, 5.41) is 0. The molecule has 8 heteroatoms. The maximum absolute atomic E-state index is 14.6. The normalized spacial score (nSPS) is 28.9. The Morgan fingerprint density at radius 3 is 2.31 bits per heavy atom. The minimum atomic E-state index is -2.46. The van der Waals surface area contributed by atoms with Crippen LogP contribution in [0.1, 0.15) is 58.8 Å². The first kappa shape index (κ1) is 23.1. The number of benzene rings is 1. The molecule has 0 radical (unpaired) electrons. The van der Waals surface area contributed by atoms with E-state index in [0.717, 1.165) is 68.8 Å². The van der Waals surface area contributed by atoms with E-state index in [1.165, 1.54) is 17.5 Å². The van der Waals surface area contributed by atoms with Crippen LogP contribution in [0.25, 0.3) is 0 Å². The molecule has 0 atom stereocenters. The number of fused-ring (bicyclic) bond motifs is 4. The number of nitrogens with one attached hydrogen (secondary N) is 1. The lowest BCUT2D eigenvalue weighted by Gasteiger charge is -2.55. The number of nitrogens with zero attached hydrogens (tertiary/aromatic N) is 1. The van der Waals surface area contributed by atoms with E-state index in [1.807, 2.05) is 0 Å². The summed E-state index contributed by atoms with van der Waals surface area (Å²) in [7, 11) is 1.70. The Hall–Kier alpha value is -0.600. The second-order valence-electron chi connectivity index (χ2n) is 8.40. The van der Waals surface area contributed by atoms with Crippen LogP contribution < -0.4 is 14.4 Å². The number of rotatable bonds is 3. The molecule has 3 aliphatic carbocycles. The van der Waals surface area contributed by atoms with Crippen molar-refractivity contribution in [2.24, 2.45) is 0 Å². The number of hydrogen-bond donors (Lipinski definition) is 1. The smallest absolute Gasteiger partial charge is 0.245 e. The van der Waals surface area contributed by atoms with Crippen molar-refractivity contribution in [3.63, 3.8) is 0 Å². The van der Waals surface area contributed by atoms with E-state index in [2.05, 4.69) is 37.7 Å². The summed E-state index contributed by atoms with van der Waals surface area (Å²) in [6.07, 6.45) is 5.00. The highest BCUT2D eigenvalue weighted by molar-refractivity contribution is 9.10. The lowest BCUT2D eigenvalue weighted by atomic mass is 9.63. The van der Waals surface area contributed by atoms with Crippen molar-refractivity contribution in [3.05, 3.63) is 16.6 Å². The summed E-state index contributed by atoms with van der Waals surface area (Å²) in [5.74, 6) is -1.60. The van der Waals surface area contributed by atoms with Crippen molar-refractivity contribution >= 4 is 33.6 Å². The Kier molecular flexibility index (Phi) is 7.06. The van der Waals surface area contributed by atoms with Crippen molar-refractivity contribution in [2.45, 2.75) is 80.8 Å². The van der Waals surface area contributed by atoms with Gasteiger partial charge in [-0.3, -0.25) is 4.72 Å². The average Bonchev–Trinajstić information content (AvgIpc) is 2.90. The fraction of sp³-hybridized carbons (Fsp3) is 0.714. The van der Waals surface area contributed by atoms with Crippen LogP contribution in [-0.2, 0) is 0 Å². The highest BCUT2D eigenvalue weighted by atomic mass is 79.9. The molecule has 1 heterocycles. The molecule has 164 valence electrons. The van der Waals surface area contributed by atoms with Crippen LogP contribution in [0.5, 0.6) is 5.75 Å². The molecule has 29 heavy (non-hydrogen) atoms. The quantitative estimate of drug-likeness (QED) is 0.470. The zero-order valence-corrected chi connectivity index (χ0v) is 19.7. The third-order valence-electron chi connectivity index (χ3n) is 6.45. The zero-order valence-electron chi connectivity index (χ0n) is 17.3. The summed E-state index contributed by atoms with van der Waals surface area (Å²) in [6, 6.07) is 4.27. The van der Waals surface area contributed by atoms with Crippen molar-refractivity contribution in [1.29, 1.82) is 0 Å². The summed E-state index contributed by atoms with van der Waals surface area (Å²) >= 11 is 5.30. The molecular formula is C21H30BrF3N2OS. The summed E-state index contributed by atoms with van der Waals surface area (Å²) in [6.45, 7) is 4.27. The zero-order chi connectivity index (χ0) is 21.3. The molecule has 4 aliphatic rings. The van der Waals surface area contributed by atoms with E-state index in [0.29, 0.717) is 0 Å². The van der Waals surface area contributed by atoms with Crippen LogP contribution in [-0.4, -0.2) is 37.3 Å². The van der Waals surface area contributed by atoms with Gasteiger partial charge in [0.1, 0.15) is 11.4 Å². The predicted octanol–water partition coefficient (Wildman–Crippen LogP) is 6.74. The molecule has 1 N–H and O–H groups in total. The average molecular weight is 495 g/mol. The molecule has 0 unspecified atom stereocenters. The van der Waals surface area contributed by atoms with E-state index in [-0.39, 0.29) is 12.0 Å². The van der Waals surface area contributed by atoms with E-state index in [1.54, 1.807) is 19.1 Å². The highest BCUT2D eigenvalue weighted by Crippen LogP contribution is 2.54. The first-order chi connectivity index (χ1) is 13.6. The van der Waals surface area contributed by atoms with Crippen molar-refractivity contribution in [1.82, 2.24) is 4.72 Å². The van der Waals surface area contributed by atoms with Gasteiger partial charge in [0, 0.05) is 29.9 Å². The minimum absolute atomic E-state index is 0.0625. The molecule has 0 saturated heterocycles. The van der Waals surface area contributed by atoms with Gasteiger partial charge in [-0.15, -0.1) is 0 Å². The minimum Gasteiger partial charge on any atom is -0.496 e. The summed E-state index contributed by atoms with van der Waals surface area (Å²) < 4.78 is 47.3. The van der Waals surface area contributed by atoms with Gasteiger partial charge in [0.15, 0.2) is 0 Å². The van der Waals surface area contributed by atoms with Crippen molar-refractivity contribution in [3.8, 4) is 5.75 Å². The third-order valence-corrected chi connectivity index (χ3v) is 7.97. The molecule has 3 nitrogen and oxygen atoms in total. The molecular weight excluding hydrogens is 465 g/mol. The van der Waals surface area contributed by atoms with Gasteiger partial charge in [-0.05, 0) is 85.5 Å². The number of alkyl halides is 3. The second-order valence-corrected chi connectivity index (χ2v) is 10.2. The molecule has 5 rings (SSSR count). The molecule has 0 amide bonds. The van der Waals surface area contributed by atoms with E-state index >= 15 is 0 Å². The van der Waals surface area contributed by atoms with Gasteiger partial charge in [-0.2, -0.15) is 0 Å². The van der Waals surface area contributed by atoms with Crippen LogP contribution in [0.3, 0.4) is 0 Å². The van der Waals surface area contributed by atoms with Crippen molar-refractivity contribution in [2.75, 3.05) is 25.1 Å². The van der Waals surface area contributed by atoms with E-state index in [4.69, 9.17) is 4.74 Å². The molecule has 3 fully saturated rings. The van der Waals surface area contributed by atoms with Gasteiger partial charge in [-0.25, -0.2) is 13.2 Å². The Labute approximate surface area is 184 Å². The summed E-state index contributed by atoms with van der Waals surface area (Å²) in [5.41, 5.74) is 0.494. The van der Waals surface area contributed by atoms with Crippen LogP contribution in [0.15, 0.2) is 21.5 Å². The van der Waals surface area contributed by atoms with Crippen molar-refractivity contribution < 1.29 is 17.9 Å². The Balaban J connectivity index is 0.000000353. The molecule has 2 bridgehead atoms. The van der Waals surface area contributed by atoms with Gasteiger partial charge >= 0.3 is 0 Å². The van der Waals surface area contributed by atoms with Crippen LogP contribution in [0.2, 0.25) is 0 Å². The summed E-state index contributed by atoms with van der Waals surface area (Å²) in [4.78, 5) is 3.75. The Morgan fingerprint density at radius 2 is 1.79 bits per heavy atom. The first-order valence-electron chi connectivity index (χ1n) is 10.2. The molecule has 3 saturated carbocycles. The van der Waals surface area contributed by atoms with Crippen LogP contribution in [0, 0.1) is 0 Å². The predicted molar refractivity (Wildman–Crippen MR) is 117 cm³/mol. The van der Waals surface area contributed by atoms with Gasteiger partial charge in [0.25, 0.3) is 0 Å². The van der Waals surface area contributed by atoms with Gasteiger partial charge in [0.2, 0.25) is 5.92 Å². The maximum atomic E-state index is 14.6. The van der Waals surface area contributed by atoms with Crippen LogP contribution in [0.4, 0.5) is 18.9 Å². The molecule has 1 aliphatic heterocycles. The molecule has 0 spiro atoms. The van der Waals surface area contributed by atoms with E-state index < -0.39 is 11.6 Å². The maximum Gasteiger partial charge on any atom is 0.245 e. The highest BCUT2D eigenvalue weighted by Gasteiger charge is 2.52. The van der Waals surface area contributed by atoms with E-state index in [9.17, 15) is 13.2 Å². The van der Waals surface area contributed by atoms with Gasteiger partial charge in [0.05, 0.1) is 17.3 Å². The standard InChI is InChI=1S/C17H22BrFN2OS.C4H8F2/c1-22-14-11-15-13(10-12(14)18)21(9-8-20-23-15)17-5-2-16(19,3-6-17)4-7-17;1-3-4(2,5)6/h10-11,20H,2-9H2,1H3;3H2,1-2H3.